The molecule has 0 aliphatic carbocycles. The van der Waals surface area contributed by atoms with Crippen molar-refractivity contribution in [3.63, 3.8) is 0 Å². The van der Waals surface area contributed by atoms with E-state index in [1.807, 2.05) is 0 Å². The Labute approximate surface area is 470 Å². The molecule has 6 nitrogen and oxygen atoms in total. The number of allylic oxidation sites excluding steroid dienone is 18. The SMILES string of the molecule is CC/C=C\C/C=C\C/C=C\C/C=C\C/C=C\C/C=C\C/C=C\CCCCCCCC(=O)OCC(COC(=O)CCCCCCCCCCCC)OC(=O)CCCCCCCCCCC/C=C\C/C=C\CCCCCCC. The van der Waals surface area contributed by atoms with E-state index in [0.29, 0.717) is 19.3 Å². The predicted octanol–water partition coefficient (Wildman–Crippen LogP) is 21.8. The third-order valence-electron chi connectivity index (χ3n) is 13.5. The summed E-state index contributed by atoms with van der Waals surface area (Å²) < 4.78 is 16.9. The lowest BCUT2D eigenvalue weighted by Gasteiger charge is -2.18. The van der Waals surface area contributed by atoms with Gasteiger partial charge in [0.25, 0.3) is 0 Å². The Hall–Kier alpha value is -3.93. The van der Waals surface area contributed by atoms with Crippen molar-refractivity contribution in [1.29, 1.82) is 0 Å². The lowest BCUT2D eigenvalue weighted by atomic mass is 10.1. The van der Waals surface area contributed by atoms with Crippen LogP contribution in [0.15, 0.2) is 109 Å². The van der Waals surface area contributed by atoms with Gasteiger partial charge in [-0.2, -0.15) is 0 Å². The molecule has 1 unspecified atom stereocenters. The summed E-state index contributed by atoms with van der Waals surface area (Å²) >= 11 is 0. The van der Waals surface area contributed by atoms with Crippen molar-refractivity contribution >= 4 is 17.9 Å². The van der Waals surface area contributed by atoms with Crippen LogP contribution in [0.3, 0.4) is 0 Å². The summed E-state index contributed by atoms with van der Waals surface area (Å²) in [6.45, 7) is 6.50. The van der Waals surface area contributed by atoms with E-state index in [0.717, 1.165) is 128 Å². The molecule has 0 bridgehead atoms. The second-order valence-corrected chi connectivity index (χ2v) is 20.9. The summed E-state index contributed by atoms with van der Waals surface area (Å²) in [5.41, 5.74) is 0. The maximum absolute atomic E-state index is 12.9. The number of esters is 3. The average molecular weight is 1060 g/mol. The van der Waals surface area contributed by atoms with E-state index >= 15 is 0 Å². The van der Waals surface area contributed by atoms with Crippen LogP contribution in [-0.4, -0.2) is 37.2 Å². The van der Waals surface area contributed by atoms with E-state index in [1.54, 1.807) is 0 Å². The minimum atomic E-state index is -0.789. The van der Waals surface area contributed by atoms with E-state index in [9.17, 15) is 14.4 Å². The first-order chi connectivity index (χ1) is 37.5. The molecule has 0 aromatic rings. The van der Waals surface area contributed by atoms with Crippen LogP contribution in [0.2, 0.25) is 0 Å². The van der Waals surface area contributed by atoms with Crippen LogP contribution in [0.5, 0.6) is 0 Å². The van der Waals surface area contributed by atoms with E-state index < -0.39 is 6.10 Å². The standard InChI is InChI=1S/C70H118O6/c1-4-7-10-13-16-19-22-24-26-28-30-32-33-34-35-36-37-39-40-42-44-46-48-51-54-57-60-63-69(72)75-66-67(65-74-68(71)62-59-56-53-50-21-18-15-12-9-6-3)76-70(73)64-61-58-55-52-49-47-45-43-41-38-31-29-27-25-23-20-17-14-11-8-5-2/h7,10,16,19,23-26,29-32,34-35,37,39,42,44,67H,4-6,8-9,11-15,17-18,20-22,27-28,33,36,38,40-41,43,45-66H2,1-3H3/b10-7-,19-16-,25-23-,26-24-,31-29-,32-30-,35-34-,39-37-,44-42-. The highest BCUT2D eigenvalue weighted by Gasteiger charge is 2.19. The molecule has 0 heterocycles. The minimum Gasteiger partial charge on any atom is -0.462 e. The molecule has 0 N–H and O–H groups in total. The molecule has 0 saturated carbocycles. The second-order valence-electron chi connectivity index (χ2n) is 20.9. The third-order valence-corrected chi connectivity index (χ3v) is 13.5. The van der Waals surface area contributed by atoms with Gasteiger partial charge in [0.2, 0.25) is 0 Å². The van der Waals surface area contributed by atoms with Gasteiger partial charge in [0.1, 0.15) is 13.2 Å². The zero-order valence-corrected chi connectivity index (χ0v) is 49.7. The molecule has 0 radical (unpaired) electrons. The van der Waals surface area contributed by atoms with Gasteiger partial charge in [0, 0.05) is 19.3 Å². The molecule has 6 heteroatoms. The lowest BCUT2D eigenvalue weighted by molar-refractivity contribution is -0.167. The summed E-state index contributed by atoms with van der Waals surface area (Å²) in [5.74, 6) is -0.904. The van der Waals surface area contributed by atoms with Gasteiger partial charge in [-0.3, -0.25) is 14.4 Å². The van der Waals surface area contributed by atoms with Crippen molar-refractivity contribution < 1.29 is 28.6 Å². The van der Waals surface area contributed by atoms with Gasteiger partial charge in [-0.05, 0) is 109 Å². The number of rotatable bonds is 57. The quantitative estimate of drug-likeness (QED) is 0.0261. The summed E-state index contributed by atoms with van der Waals surface area (Å²) in [5, 5.41) is 0. The van der Waals surface area contributed by atoms with Crippen LogP contribution in [0.4, 0.5) is 0 Å². The monoisotopic (exact) mass is 1050 g/mol. The molecule has 1 atom stereocenters. The fourth-order valence-corrected chi connectivity index (χ4v) is 8.75. The Kier molecular flexibility index (Phi) is 60.3. The fraction of sp³-hybridized carbons (Fsp3) is 0.700. The van der Waals surface area contributed by atoms with Crippen molar-refractivity contribution in [2.24, 2.45) is 0 Å². The third kappa shape index (κ3) is 60.9. The van der Waals surface area contributed by atoms with E-state index in [2.05, 4.69) is 130 Å². The molecule has 76 heavy (non-hydrogen) atoms. The van der Waals surface area contributed by atoms with Crippen LogP contribution in [0.25, 0.3) is 0 Å². The molecule has 0 aliphatic rings. The Bertz CT molecular complexity index is 1540. The summed E-state index contributed by atoms with van der Waals surface area (Å²) in [4.78, 5) is 38.2. The highest BCUT2D eigenvalue weighted by molar-refractivity contribution is 5.71. The number of carbonyl (C=O) groups excluding carboxylic acids is 3. The number of unbranched alkanes of at least 4 members (excludes halogenated alkanes) is 28. The number of ether oxygens (including phenoxy) is 3. The van der Waals surface area contributed by atoms with Crippen molar-refractivity contribution in [2.45, 2.75) is 303 Å². The van der Waals surface area contributed by atoms with Crippen LogP contribution in [-0.2, 0) is 28.6 Å². The molecule has 434 valence electrons. The minimum absolute atomic E-state index is 0.0849. The van der Waals surface area contributed by atoms with Gasteiger partial charge >= 0.3 is 17.9 Å². The first kappa shape index (κ1) is 72.1. The van der Waals surface area contributed by atoms with E-state index in [-0.39, 0.29) is 31.1 Å². The van der Waals surface area contributed by atoms with Gasteiger partial charge in [-0.1, -0.05) is 278 Å². The molecular weight excluding hydrogens is 937 g/mol. The smallest absolute Gasteiger partial charge is 0.306 e. The Morgan fingerprint density at radius 3 is 0.803 bits per heavy atom. The molecule has 0 saturated heterocycles. The van der Waals surface area contributed by atoms with E-state index in [4.69, 9.17) is 14.2 Å². The van der Waals surface area contributed by atoms with Gasteiger partial charge in [0.15, 0.2) is 6.10 Å². The Morgan fingerprint density at radius 2 is 0.513 bits per heavy atom. The Morgan fingerprint density at radius 1 is 0.276 bits per heavy atom. The molecular formula is C70H118O6. The highest BCUT2D eigenvalue weighted by atomic mass is 16.6. The summed E-state index contributed by atoms with van der Waals surface area (Å²) in [6, 6.07) is 0. The number of hydrogen-bond acceptors (Lipinski definition) is 6. The topological polar surface area (TPSA) is 78.9 Å². The second kappa shape index (κ2) is 63.6. The first-order valence-electron chi connectivity index (χ1n) is 31.9. The number of carbonyl (C=O) groups is 3. The van der Waals surface area contributed by atoms with Crippen LogP contribution in [0, 0.1) is 0 Å². The van der Waals surface area contributed by atoms with Crippen LogP contribution < -0.4 is 0 Å². The lowest BCUT2D eigenvalue weighted by Crippen LogP contribution is -2.30. The average Bonchev–Trinajstić information content (AvgIpc) is 3.42. The fourth-order valence-electron chi connectivity index (χ4n) is 8.75. The molecule has 0 fully saturated rings. The molecule has 0 rings (SSSR count). The van der Waals surface area contributed by atoms with Crippen molar-refractivity contribution in [1.82, 2.24) is 0 Å². The van der Waals surface area contributed by atoms with E-state index in [1.165, 1.54) is 128 Å². The molecule has 0 aliphatic heterocycles. The van der Waals surface area contributed by atoms with Gasteiger partial charge in [0.05, 0.1) is 0 Å². The normalized spacial score (nSPS) is 12.8. The molecule has 0 aromatic heterocycles. The largest absolute Gasteiger partial charge is 0.462 e. The zero-order chi connectivity index (χ0) is 55.0. The highest BCUT2D eigenvalue weighted by Crippen LogP contribution is 2.15. The first-order valence-corrected chi connectivity index (χ1v) is 31.9. The van der Waals surface area contributed by atoms with Gasteiger partial charge in [-0.25, -0.2) is 0 Å². The number of hydrogen-bond donors (Lipinski definition) is 0. The summed E-state index contributed by atoms with van der Waals surface area (Å²) in [6.07, 6.45) is 86.6. The van der Waals surface area contributed by atoms with Crippen LogP contribution >= 0.6 is 0 Å². The van der Waals surface area contributed by atoms with Crippen LogP contribution in [0.1, 0.15) is 297 Å². The molecule has 0 spiro atoms. The maximum atomic E-state index is 12.9. The van der Waals surface area contributed by atoms with Gasteiger partial charge < -0.3 is 14.2 Å². The van der Waals surface area contributed by atoms with Crippen molar-refractivity contribution in [3.8, 4) is 0 Å². The maximum Gasteiger partial charge on any atom is 0.306 e. The Balaban J connectivity index is 4.32. The van der Waals surface area contributed by atoms with Gasteiger partial charge in [-0.15, -0.1) is 0 Å². The predicted molar refractivity (Wildman–Crippen MR) is 330 cm³/mol. The van der Waals surface area contributed by atoms with Crippen molar-refractivity contribution in [2.75, 3.05) is 13.2 Å². The molecule has 0 amide bonds. The van der Waals surface area contributed by atoms with Crippen molar-refractivity contribution in [3.05, 3.63) is 109 Å². The zero-order valence-electron chi connectivity index (χ0n) is 49.7. The molecule has 0 aromatic carbocycles. The summed E-state index contributed by atoms with van der Waals surface area (Å²) in [7, 11) is 0.